The van der Waals surface area contributed by atoms with E-state index >= 15 is 0 Å². The van der Waals surface area contributed by atoms with Crippen LogP contribution in [0.2, 0.25) is 0 Å². The lowest BCUT2D eigenvalue weighted by atomic mass is 9.73. The molecule has 8 heteroatoms. The second-order valence-electron chi connectivity index (χ2n) is 5.78. The first-order valence-electron chi connectivity index (χ1n) is 7.69. The molecule has 0 aromatic rings. The molecule has 0 amide bonds. The molecule has 2 atom stereocenters. The van der Waals surface area contributed by atoms with Crippen molar-refractivity contribution in [3.8, 4) is 0 Å². The largest absolute Gasteiger partial charge is 0.481 e. The molecular weight excluding hydrogens is 304 g/mol. The van der Waals surface area contributed by atoms with E-state index in [0.29, 0.717) is 25.9 Å². The van der Waals surface area contributed by atoms with E-state index in [-0.39, 0.29) is 18.5 Å². The van der Waals surface area contributed by atoms with Crippen LogP contribution in [0.25, 0.3) is 0 Å². The summed E-state index contributed by atoms with van der Waals surface area (Å²) in [6.45, 7) is 6.02. The topological polar surface area (TPSA) is 127 Å². The first-order valence-corrected chi connectivity index (χ1v) is 7.69. The molecule has 0 unspecified atom stereocenters. The third-order valence-electron chi connectivity index (χ3n) is 4.52. The van der Waals surface area contributed by atoms with Gasteiger partial charge in [-0.3, -0.25) is 19.3 Å². The molecule has 0 aromatic heterocycles. The Kier molecular flexibility index (Phi) is 8.78. The average Bonchev–Trinajstić information content (AvgIpc) is 2.43. The van der Waals surface area contributed by atoms with Crippen molar-refractivity contribution in [1.29, 1.82) is 0 Å². The van der Waals surface area contributed by atoms with Gasteiger partial charge in [0.2, 0.25) is 0 Å². The molecule has 1 fully saturated rings. The number of nitrogens with zero attached hydrogens (tertiary/aromatic N) is 1. The second kappa shape index (κ2) is 9.46. The molecule has 1 heterocycles. The Bertz CT molecular complexity index is 418. The van der Waals surface area contributed by atoms with Crippen molar-refractivity contribution in [3.05, 3.63) is 0 Å². The number of carbonyl (C=O) groups is 3. The fourth-order valence-electron chi connectivity index (χ4n) is 3.10. The van der Waals surface area contributed by atoms with Gasteiger partial charge >= 0.3 is 11.9 Å². The highest BCUT2D eigenvalue weighted by molar-refractivity contribution is 5.75. The minimum atomic E-state index is -0.853. The average molecular weight is 332 g/mol. The van der Waals surface area contributed by atoms with E-state index < -0.39 is 23.3 Å². The first kappa shape index (κ1) is 21.3. The maximum Gasteiger partial charge on any atom is 0.311 e. The highest BCUT2D eigenvalue weighted by atomic mass is 16.4. The number of nitrogens with one attached hydrogen (secondary N) is 1. The minimum absolute atomic E-state index is 0.0309. The fourth-order valence-corrected chi connectivity index (χ4v) is 3.10. The second-order valence-corrected chi connectivity index (χ2v) is 5.78. The van der Waals surface area contributed by atoms with E-state index in [4.69, 9.17) is 15.0 Å². The third-order valence-corrected chi connectivity index (χ3v) is 4.52. The lowest BCUT2D eigenvalue weighted by Crippen LogP contribution is -2.63. The third kappa shape index (κ3) is 5.80. The Morgan fingerprint density at radius 2 is 1.61 bits per heavy atom. The van der Waals surface area contributed by atoms with Crippen LogP contribution in [-0.4, -0.2) is 70.3 Å². The molecule has 1 rings (SSSR count). The predicted molar refractivity (Wildman–Crippen MR) is 84.4 cm³/mol. The SMILES string of the molecule is CC(=O)O.CCC(CC)(C(=O)O)[C@H]1CNC[C@H](CC(=O)O)N1C. The molecule has 0 spiro atoms. The fraction of sp³-hybridized carbons (Fsp3) is 0.800. The minimum Gasteiger partial charge on any atom is -0.481 e. The van der Waals surface area contributed by atoms with Gasteiger partial charge in [-0.15, -0.1) is 0 Å². The predicted octanol–water partition coefficient (Wildman–Crippen LogP) is 0.715. The van der Waals surface area contributed by atoms with Gasteiger partial charge < -0.3 is 20.6 Å². The maximum absolute atomic E-state index is 11.7. The molecule has 0 saturated carbocycles. The van der Waals surface area contributed by atoms with E-state index in [1.807, 2.05) is 25.8 Å². The van der Waals surface area contributed by atoms with E-state index in [1.165, 1.54) is 0 Å². The number of hydrogen-bond acceptors (Lipinski definition) is 5. The molecule has 0 radical (unpaired) electrons. The van der Waals surface area contributed by atoms with Gasteiger partial charge in [-0.05, 0) is 19.9 Å². The van der Waals surface area contributed by atoms with Crippen molar-refractivity contribution in [2.75, 3.05) is 20.1 Å². The van der Waals surface area contributed by atoms with E-state index in [2.05, 4.69) is 5.32 Å². The lowest BCUT2D eigenvalue weighted by molar-refractivity contribution is -0.156. The van der Waals surface area contributed by atoms with Gasteiger partial charge in [0.25, 0.3) is 5.97 Å². The highest BCUT2D eigenvalue weighted by Crippen LogP contribution is 2.35. The van der Waals surface area contributed by atoms with Gasteiger partial charge in [-0.25, -0.2) is 0 Å². The van der Waals surface area contributed by atoms with Crippen molar-refractivity contribution in [2.24, 2.45) is 5.41 Å². The van der Waals surface area contributed by atoms with Crippen molar-refractivity contribution in [1.82, 2.24) is 10.2 Å². The summed E-state index contributed by atoms with van der Waals surface area (Å²) in [4.78, 5) is 33.5. The number of hydrogen-bond donors (Lipinski definition) is 4. The zero-order chi connectivity index (χ0) is 18.2. The van der Waals surface area contributed by atoms with Gasteiger partial charge in [0.05, 0.1) is 11.8 Å². The maximum atomic E-state index is 11.7. The van der Waals surface area contributed by atoms with Crippen LogP contribution < -0.4 is 5.32 Å². The molecule has 0 aromatic carbocycles. The van der Waals surface area contributed by atoms with Gasteiger partial charge in [0.1, 0.15) is 0 Å². The summed E-state index contributed by atoms with van der Waals surface area (Å²) in [6, 6.07) is -0.342. The molecule has 23 heavy (non-hydrogen) atoms. The van der Waals surface area contributed by atoms with Gasteiger partial charge in [-0.1, -0.05) is 13.8 Å². The van der Waals surface area contributed by atoms with Crippen LogP contribution in [0.4, 0.5) is 0 Å². The van der Waals surface area contributed by atoms with Crippen molar-refractivity contribution in [2.45, 2.75) is 52.1 Å². The Labute approximate surface area is 136 Å². The first-order chi connectivity index (χ1) is 10.6. The number of piperazine rings is 1. The van der Waals surface area contributed by atoms with Crippen LogP contribution in [0.3, 0.4) is 0 Å². The lowest BCUT2D eigenvalue weighted by Gasteiger charge is -2.47. The number of likely N-dealkylation sites (N-methyl/N-ethyl adjacent to an activating group) is 1. The van der Waals surface area contributed by atoms with Gasteiger partial charge in [0, 0.05) is 32.1 Å². The number of carboxylic acids is 3. The van der Waals surface area contributed by atoms with Crippen molar-refractivity contribution < 1.29 is 29.7 Å². The normalized spacial score (nSPS) is 21.9. The molecule has 8 nitrogen and oxygen atoms in total. The van der Waals surface area contributed by atoms with Crippen LogP contribution in [-0.2, 0) is 14.4 Å². The van der Waals surface area contributed by atoms with Crippen LogP contribution in [0.5, 0.6) is 0 Å². The van der Waals surface area contributed by atoms with Crippen LogP contribution >= 0.6 is 0 Å². The summed E-state index contributed by atoms with van der Waals surface area (Å²) >= 11 is 0. The number of rotatable bonds is 6. The summed E-state index contributed by atoms with van der Waals surface area (Å²) < 4.78 is 0. The zero-order valence-electron chi connectivity index (χ0n) is 14.2. The number of carboxylic acid groups (broad SMARTS) is 3. The smallest absolute Gasteiger partial charge is 0.311 e. The zero-order valence-corrected chi connectivity index (χ0v) is 14.2. The van der Waals surface area contributed by atoms with Gasteiger partial charge in [0.15, 0.2) is 0 Å². The summed E-state index contributed by atoms with van der Waals surface area (Å²) in [5.41, 5.74) is -0.821. The van der Waals surface area contributed by atoms with Gasteiger partial charge in [-0.2, -0.15) is 0 Å². The van der Waals surface area contributed by atoms with Crippen LogP contribution in [0.15, 0.2) is 0 Å². The Hall–Kier alpha value is -1.67. The molecule has 4 N–H and O–H groups in total. The monoisotopic (exact) mass is 332 g/mol. The van der Waals surface area contributed by atoms with E-state index in [9.17, 15) is 14.7 Å². The Morgan fingerprint density at radius 1 is 1.13 bits per heavy atom. The summed E-state index contributed by atoms with van der Waals surface area (Å²) in [5.74, 6) is -2.49. The summed E-state index contributed by atoms with van der Waals surface area (Å²) in [6.07, 6.45) is 1.10. The highest BCUT2D eigenvalue weighted by Gasteiger charge is 2.47. The molecule has 0 aliphatic carbocycles. The van der Waals surface area contributed by atoms with Crippen LogP contribution in [0.1, 0.15) is 40.0 Å². The standard InChI is InChI=1S/C13H24N2O4.C2H4O2/c1-4-13(5-2,12(18)19)10-8-14-7-9(15(10)3)6-11(16)17;1-2(3)4/h9-10,14H,4-8H2,1-3H3,(H,16,17)(H,18,19);1H3,(H,3,4)/t9-,10+;/m0./s1. The van der Waals surface area contributed by atoms with E-state index in [1.54, 1.807) is 0 Å². The number of aliphatic carboxylic acids is 3. The van der Waals surface area contributed by atoms with Crippen LogP contribution in [0, 0.1) is 5.41 Å². The van der Waals surface area contributed by atoms with Crippen molar-refractivity contribution in [3.63, 3.8) is 0 Å². The Morgan fingerprint density at radius 3 is 1.96 bits per heavy atom. The quantitative estimate of drug-likeness (QED) is 0.560. The summed E-state index contributed by atoms with van der Waals surface area (Å²) in [7, 11) is 1.84. The molecule has 134 valence electrons. The molecule has 1 aliphatic rings. The molecular formula is C15H28N2O6. The Balaban J connectivity index is 0.00000108. The molecule has 1 saturated heterocycles. The molecule has 1 aliphatic heterocycles. The summed E-state index contributed by atoms with van der Waals surface area (Å²) in [5, 5.41) is 29.1. The molecule has 0 bridgehead atoms. The van der Waals surface area contributed by atoms with Crippen molar-refractivity contribution >= 4 is 17.9 Å². The van der Waals surface area contributed by atoms with E-state index in [0.717, 1.165) is 6.92 Å².